The van der Waals surface area contributed by atoms with Gasteiger partial charge in [0.1, 0.15) is 17.9 Å². The number of aryl methyl sites for hydroxylation is 2. The van der Waals surface area contributed by atoms with E-state index in [1.165, 1.54) is 5.56 Å². The Labute approximate surface area is 138 Å². The first-order valence-corrected chi connectivity index (χ1v) is 8.18. The maximum absolute atomic E-state index is 11.5. The SMILES string of the molecule is Cc1nc(C)c2c(n1)N(Cc1ccc(Br)cc1)C(C=O)CC2. The summed E-state index contributed by atoms with van der Waals surface area (Å²) in [4.78, 5) is 22.7. The molecule has 2 heterocycles. The third-order valence-corrected chi connectivity index (χ3v) is 4.62. The Kier molecular flexibility index (Phi) is 4.25. The van der Waals surface area contributed by atoms with E-state index in [0.717, 1.165) is 46.5 Å². The van der Waals surface area contributed by atoms with Crippen molar-refractivity contribution >= 4 is 28.0 Å². The molecule has 22 heavy (non-hydrogen) atoms. The fourth-order valence-corrected chi connectivity index (χ4v) is 3.24. The number of carbonyl (C=O) groups is 1. The molecule has 0 saturated heterocycles. The summed E-state index contributed by atoms with van der Waals surface area (Å²) in [6, 6.07) is 8.06. The zero-order chi connectivity index (χ0) is 15.7. The van der Waals surface area contributed by atoms with Crippen molar-refractivity contribution in [1.82, 2.24) is 9.97 Å². The van der Waals surface area contributed by atoms with Gasteiger partial charge in [0.2, 0.25) is 0 Å². The van der Waals surface area contributed by atoms with Crippen LogP contribution in [0.2, 0.25) is 0 Å². The standard InChI is InChI=1S/C17H18BrN3O/c1-11-16-8-7-15(10-22)21(17(16)20-12(2)19-11)9-13-3-5-14(18)6-4-13/h3-6,10,15H,7-9H2,1-2H3. The number of hydrogen-bond acceptors (Lipinski definition) is 4. The maximum atomic E-state index is 11.5. The van der Waals surface area contributed by atoms with E-state index in [9.17, 15) is 4.79 Å². The van der Waals surface area contributed by atoms with Gasteiger partial charge in [-0.25, -0.2) is 9.97 Å². The van der Waals surface area contributed by atoms with Crippen LogP contribution in [-0.4, -0.2) is 22.3 Å². The van der Waals surface area contributed by atoms with Crippen molar-refractivity contribution < 1.29 is 4.79 Å². The van der Waals surface area contributed by atoms with Gasteiger partial charge in [-0.3, -0.25) is 0 Å². The molecule has 0 radical (unpaired) electrons. The predicted octanol–water partition coefficient (Wildman–Crippen LogP) is 3.38. The molecular formula is C17H18BrN3O. The van der Waals surface area contributed by atoms with Crippen molar-refractivity contribution in [3.8, 4) is 0 Å². The Hall–Kier alpha value is -1.75. The van der Waals surface area contributed by atoms with Gasteiger partial charge in [0.05, 0.1) is 6.04 Å². The molecule has 1 aromatic heterocycles. The molecule has 1 unspecified atom stereocenters. The highest BCUT2D eigenvalue weighted by Crippen LogP contribution is 2.31. The van der Waals surface area contributed by atoms with Crippen LogP contribution in [0.15, 0.2) is 28.7 Å². The van der Waals surface area contributed by atoms with E-state index in [2.05, 4.69) is 42.9 Å². The fraction of sp³-hybridized carbons (Fsp3) is 0.353. The van der Waals surface area contributed by atoms with Crippen LogP contribution in [-0.2, 0) is 17.8 Å². The molecule has 0 saturated carbocycles. The van der Waals surface area contributed by atoms with Gasteiger partial charge in [0.25, 0.3) is 0 Å². The van der Waals surface area contributed by atoms with Gasteiger partial charge in [0.15, 0.2) is 0 Å². The van der Waals surface area contributed by atoms with Crippen molar-refractivity contribution in [3.63, 3.8) is 0 Å². The van der Waals surface area contributed by atoms with Crippen molar-refractivity contribution in [2.24, 2.45) is 0 Å². The van der Waals surface area contributed by atoms with E-state index in [4.69, 9.17) is 0 Å². The normalized spacial score (nSPS) is 17.2. The highest BCUT2D eigenvalue weighted by Gasteiger charge is 2.29. The number of aldehydes is 1. The Morgan fingerprint density at radius 3 is 2.68 bits per heavy atom. The number of hydrogen-bond donors (Lipinski definition) is 0. The number of halogens is 1. The lowest BCUT2D eigenvalue weighted by Gasteiger charge is -2.35. The highest BCUT2D eigenvalue weighted by molar-refractivity contribution is 9.10. The van der Waals surface area contributed by atoms with Gasteiger partial charge in [-0.2, -0.15) is 0 Å². The lowest BCUT2D eigenvalue weighted by molar-refractivity contribution is -0.109. The number of anilines is 1. The molecule has 3 rings (SSSR count). The van der Waals surface area contributed by atoms with Crippen LogP contribution >= 0.6 is 15.9 Å². The summed E-state index contributed by atoms with van der Waals surface area (Å²) in [7, 11) is 0. The van der Waals surface area contributed by atoms with Gasteiger partial charge >= 0.3 is 0 Å². The highest BCUT2D eigenvalue weighted by atomic mass is 79.9. The summed E-state index contributed by atoms with van der Waals surface area (Å²) in [6.07, 6.45) is 2.72. The average Bonchev–Trinajstić information content (AvgIpc) is 2.50. The first-order chi connectivity index (χ1) is 10.6. The van der Waals surface area contributed by atoms with Gasteiger partial charge < -0.3 is 9.69 Å². The molecule has 0 aliphatic carbocycles. The third kappa shape index (κ3) is 2.90. The summed E-state index contributed by atoms with van der Waals surface area (Å²) >= 11 is 3.45. The zero-order valence-corrected chi connectivity index (χ0v) is 14.3. The minimum Gasteiger partial charge on any atom is -0.342 e. The van der Waals surface area contributed by atoms with Gasteiger partial charge in [-0.05, 0) is 44.4 Å². The van der Waals surface area contributed by atoms with Crippen molar-refractivity contribution in [2.75, 3.05) is 4.90 Å². The molecule has 1 atom stereocenters. The van der Waals surface area contributed by atoms with Gasteiger partial charge in [0, 0.05) is 22.3 Å². The van der Waals surface area contributed by atoms with Crippen LogP contribution in [0, 0.1) is 13.8 Å². The van der Waals surface area contributed by atoms with E-state index in [0.29, 0.717) is 6.54 Å². The van der Waals surface area contributed by atoms with E-state index in [1.807, 2.05) is 26.0 Å². The summed E-state index contributed by atoms with van der Waals surface area (Å²) in [6.45, 7) is 4.60. The van der Waals surface area contributed by atoms with Crippen molar-refractivity contribution in [3.05, 3.63) is 51.4 Å². The molecule has 0 spiro atoms. The van der Waals surface area contributed by atoms with Crippen LogP contribution in [0.5, 0.6) is 0 Å². The van der Waals surface area contributed by atoms with E-state index in [1.54, 1.807) is 0 Å². The van der Waals surface area contributed by atoms with Gasteiger partial charge in [-0.1, -0.05) is 28.1 Å². The van der Waals surface area contributed by atoms with Crippen LogP contribution in [0.1, 0.15) is 29.1 Å². The lowest BCUT2D eigenvalue weighted by Crippen LogP contribution is -2.41. The second-order valence-electron chi connectivity index (χ2n) is 5.65. The quantitative estimate of drug-likeness (QED) is 0.788. The summed E-state index contributed by atoms with van der Waals surface area (Å²) in [5.74, 6) is 1.67. The molecule has 1 aliphatic rings. The van der Waals surface area contributed by atoms with Crippen LogP contribution in [0.3, 0.4) is 0 Å². The molecule has 1 aromatic carbocycles. The number of benzene rings is 1. The monoisotopic (exact) mass is 359 g/mol. The maximum Gasteiger partial charge on any atom is 0.142 e. The third-order valence-electron chi connectivity index (χ3n) is 4.09. The van der Waals surface area contributed by atoms with Crippen molar-refractivity contribution in [2.45, 2.75) is 39.3 Å². The molecule has 5 heteroatoms. The number of aromatic nitrogens is 2. The Bertz CT molecular complexity index is 700. The molecule has 114 valence electrons. The minimum absolute atomic E-state index is 0.121. The second-order valence-corrected chi connectivity index (χ2v) is 6.57. The Morgan fingerprint density at radius 2 is 2.00 bits per heavy atom. The molecular weight excluding hydrogens is 342 g/mol. The molecule has 4 nitrogen and oxygen atoms in total. The van der Waals surface area contributed by atoms with E-state index < -0.39 is 0 Å². The first kappa shape index (κ1) is 15.2. The minimum atomic E-state index is -0.121. The number of nitrogens with zero attached hydrogens (tertiary/aromatic N) is 3. The van der Waals surface area contributed by atoms with E-state index in [-0.39, 0.29) is 6.04 Å². The van der Waals surface area contributed by atoms with Crippen molar-refractivity contribution in [1.29, 1.82) is 0 Å². The lowest BCUT2D eigenvalue weighted by atomic mass is 9.97. The summed E-state index contributed by atoms with van der Waals surface area (Å²) < 4.78 is 1.05. The van der Waals surface area contributed by atoms with E-state index >= 15 is 0 Å². The fourth-order valence-electron chi connectivity index (χ4n) is 2.97. The molecule has 0 bridgehead atoms. The first-order valence-electron chi connectivity index (χ1n) is 7.39. The average molecular weight is 360 g/mol. The number of rotatable bonds is 3. The van der Waals surface area contributed by atoms with Gasteiger partial charge in [-0.15, -0.1) is 0 Å². The summed E-state index contributed by atoms with van der Waals surface area (Å²) in [5.41, 5.74) is 3.35. The van der Waals surface area contributed by atoms with Crippen LogP contribution in [0.25, 0.3) is 0 Å². The molecule has 0 N–H and O–H groups in total. The molecule has 2 aromatic rings. The second kappa shape index (κ2) is 6.16. The molecule has 1 aliphatic heterocycles. The largest absolute Gasteiger partial charge is 0.342 e. The predicted molar refractivity (Wildman–Crippen MR) is 90.0 cm³/mol. The number of carbonyl (C=O) groups excluding carboxylic acids is 1. The summed E-state index contributed by atoms with van der Waals surface area (Å²) in [5, 5.41) is 0. The van der Waals surface area contributed by atoms with Crippen LogP contribution < -0.4 is 4.90 Å². The smallest absolute Gasteiger partial charge is 0.142 e. The topological polar surface area (TPSA) is 46.1 Å². The Morgan fingerprint density at radius 1 is 1.27 bits per heavy atom. The zero-order valence-electron chi connectivity index (χ0n) is 12.7. The molecule has 0 fully saturated rings. The van der Waals surface area contributed by atoms with Crippen LogP contribution in [0.4, 0.5) is 5.82 Å². The Balaban J connectivity index is 2.00. The number of fused-ring (bicyclic) bond motifs is 1. The molecule has 0 amide bonds.